The minimum atomic E-state index is -4.58. The lowest BCUT2D eigenvalue weighted by Crippen LogP contribution is -2.42. The normalized spacial score (nSPS) is 16.0. The predicted octanol–water partition coefficient (Wildman–Crippen LogP) is 3.18. The lowest BCUT2D eigenvalue weighted by molar-refractivity contribution is -0.179. The van der Waals surface area contributed by atoms with Gasteiger partial charge in [-0.1, -0.05) is 40.2 Å². The number of rotatable bonds is 17. The zero-order chi connectivity index (χ0) is 26.6. The number of hydrogen-bond acceptors (Lipinski definition) is 9. The Morgan fingerprint density at radius 1 is 0.941 bits per heavy atom. The predicted molar refractivity (Wildman–Crippen MR) is 125 cm³/mol. The molecular formula is C23H40O10S. The van der Waals surface area contributed by atoms with Crippen LogP contribution in [-0.2, 0) is 38.7 Å². The molecule has 0 spiro atoms. The molecule has 3 unspecified atom stereocenters. The average molecular weight is 509 g/mol. The van der Waals surface area contributed by atoms with Gasteiger partial charge < -0.3 is 19.3 Å². The van der Waals surface area contributed by atoms with Crippen LogP contribution in [0.2, 0.25) is 0 Å². The van der Waals surface area contributed by atoms with Crippen molar-refractivity contribution >= 4 is 28.0 Å². The van der Waals surface area contributed by atoms with Gasteiger partial charge in [-0.15, -0.1) is 0 Å². The van der Waals surface area contributed by atoms with Crippen LogP contribution in [0, 0.1) is 10.8 Å². The van der Waals surface area contributed by atoms with Gasteiger partial charge in [0.25, 0.3) is 10.1 Å². The third-order valence-electron chi connectivity index (χ3n) is 5.50. The minimum absolute atomic E-state index is 0.0456. The van der Waals surface area contributed by atoms with Gasteiger partial charge in [-0.3, -0.25) is 14.1 Å². The Morgan fingerprint density at radius 2 is 1.47 bits per heavy atom. The van der Waals surface area contributed by atoms with E-state index in [4.69, 9.17) is 18.8 Å². The van der Waals surface area contributed by atoms with Crippen molar-refractivity contribution in [2.75, 3.05) is 19.0 Å². The second-order valence-corrected chi connectivity index (χ2v) is 10.5. The van der Waals surface area contributed by atoms with Crippen molar-refractivity contribution in [3.05, 3.63) is 12.2 Å². The molecule has 0 radical (unpaired) electrons. The van der Waals surface area contributed by atoms with E-state index in [1.807, 2.05) is 13.8 Å². The quantitative estimate of drug-likeness (QED) is 0.0747. The van der Waals surface area contributed by atoms with E-state index in [0.29, 0.717) is 12.8 Å². The summed E-state index contributed by atoms with van der Waals surface area (Å²) in [6.45, 7) is 12.7. The number of ether oxygens (including phenoxy) is 3. The molecule has 0 aromatic heterocycles. The van der Waals surface area contributed by atoms with E-state index in [9.17, 15) is 27.9 Å². The van der Waals surface area contributed by atoms with Gasteiger partial charge in [0.15, 0.2) is 0 Å². The molecule has 0 fully saturated rings. The Morgan fingerprint density at radius 3 is 1.94 bits per heavy atom. The molecule has 0 aromatic rings. The largest absolute Gasteiger partial charge is 0.465 e. The summed E-state index contributed by atoms with van der Waals surface area (Å²) in [5, 5.41) is 9.74. The van der Waals surface area contributed by atoms with E-state index in [2.05, 4.69) is 6.58 Å². The van der Waals surface area contributed by atoms with E-state index in [0.717, 1.165) is 12.8 Å². The van der Waals surface area contributed by atoms with Gasteiger partial charge >= 0.3 is 17.9 Å². The molecule has 0 aliphatic heterocycles. The average Bonchev–Trinajstić information content (AvgIpc) is 2.72. The van der Waals surface area contributed by atoms with Crippen molar-refractivity contribution < 1.29 is 46.7 Å². The van der Waals surface area contributed by atoms with Crippen molar-refractivity contribution in [3.8, 4) is 0 Å². The third-order valence-corrected chi connectivity index (χ3v) is 6.20. The first kappa shape index (κ1) is 32.0. The van der Waals surface area contributed by atoms with Crippen molar-refractivity contribution in [2.45, 2.75) is 85.9 Å². The second-order valence-electron chi connectivity index (χ2n) is 9.02. The summed E-state index contributed by atoms with van der Waals surface area (Å²) in [6.07, 6.45) is 0.749. The Bertz CT molecular complexity index is 807. The van der Waals surface area contributed by atoms with Crippen LogP contribution >= 0.6 is 0 Å². The maximum absolute atomic E-state index is 13.1. The lowest BCUT2D eigenvalue weighted by atomic mass is 9.69. The van der Waals surface area contributed by atoms with Crippen LogP contribution in [-0.4, -0.2) is 61.2 Å². The summed E-state index contributed by atoms with van der Waals surface area (Å²) in [5.41, 5.74) is -2.68. The Hall–Kier alpha value is -1.98. The van der Waals surface area contributed by atoms with Crippen molar-refractivity contribution in [1.82, 2.24) is 0 Å². The van der Waals surface area contributed by atoms with Crippen LogP contribution in [0.1, 0.15) is 79.6 Å². The zero-order valence-electron chi connectivity index (χ0n) is 20.9. The van der Waals surface area contributed by atoms with Crippen LogP contribution in [0.4, 0.5) is 0 Å². The number of hydrogen-bond donors (Lipinski definition) is 2. The van der Waals surface area contributed by atoms with Gasteiger partial charge in [0, 0.05) is 5.57 Å². The third kappa shape index (κ3) is 11.4. The number of aliphatic hydroxyl groups excluding tert-OH is 1. The van der Waals surface area contributed by atoms with Gasteiger partial charge in [-0.2, -0.15) is 8.42 Å². The highest BCUT2D eigenvalue weighted by Crippen LogP contribution is 2.42. The van der Waals surface area contributed by atoms with E-state index in [1.165, 1.54) is 6.92 Å². The van der Waals surface area contributed by atoms with Crippen LogP contribution < -0.4 is 0 Å². The fourth-order valence-electron chi connectivity index (χ4n) is 3.33. The maximum atomic E-state index is 13.1. The highest BCUT2D eigenvalue weighted by atomic mass is 32.2. The highest BCUT2D eigenvalue weighted by Gasteiger charge is 2.47. The van der Waals surface area contributed by atoms with Gasteiger partial charge in [-0.05, 0) is 46.0 Å². The number of unbranched alkanes of at least 4 members (excludes halogenated alkanes) is 2. The van der Waals surface area contributed by atoms with Crippen molar-refractivity contribution in [3.63, 3.8) is 0 Å². The maximum Gasteiger partial charge on any atom is 0.333 e. The summed E-state index contributed by atoms with van der Waals surface area (Å²) in [5.74, 6) is -3.43. The van der Waals surface area contributed by atoms with Gasteiger partial charge in [0.2, 0.25) is 6.29 Å². The first-order valence-corrected chi connectivity index (χ1v) is 13.1. The van der Waals surface area contributed by atoms with Gasteiger partial charge in [-0.25, -0.2) is 4.79 Å². The second kappa shape index (κ2) is 14.4. The molecule has 11 heteroatoms. The molecule has 0 amide bonds. The molecule has 0 saturated carbocycles. The molecule has 10 nitrogen and oxygen atoms in total. The summed E-state index contributed by atoms with van der Waals surface area (Å²) >= 11 is 0. The summed E-state index contributed by atoms with van der Waals surface area (Å²) in [7, 11) is -4.58. The number of esters is 3. The highest BCUT2D eigenvalue weighted by molar-refractivity contribution is 7.85. The first-order valence-electron chi connectivity index (χ1n) is 11.5. The van der Waals surface area contributed by atoms with Gasteiger partial charge in [0.1, 0.15) is 5.75 Å². The molecule has 34 heavy (non-hydrogen) atoms. The molecule has 0 rings (SSSR count). The lowest BCUT2D eigenvalue weighted by Gasteiger charge is -2.36. The van der Waals surface area contributed by atoms with Crippen molar-refractivity contribution in [2.24, 2.45) is 10.8 Å². The van der Waals surface area contributed by atoms with Crippen LogP contribution in [0.15, 0.2) is 12.2 Å². The van der Waals surface area contributed by atoms with Crippen LogP contribution in [0.25, 0.3) is 0 Å². The molecule has 198 valence electrons. The molecule has 0 bridgehead atoms. The molecule has 0 saturated heterocycles. The number of aliphatic hydroxyl groups is 1. The van der Waals surface area contributed by atoms with E-state index < -0.39 is 50.9 Å². The Labute approximate surface area is 202 Å². The summed E-state index contributed by atoms with van der Waals surface area (Å²) in [4.78, 5) is 38.2. The molecule has 0 heterocycles. The zero-order valence-corrected chi connectivity index (χ0v) is 21.7. The SMILES string of the molecule is C=C(CC(C)(CC(C)(CC)C(=O)OC(O)CS(=O)(=O)O)C(=O)OCCCC)C(=O)OCCCC. The molecule has 0 aromatic carbocycles. The van der Waals surface area contributed by atoms with E-state index in [-0.39, 0.29) is 38.0 Å². The Balaban J connectivity index is 5.75. The smallest absolute Gasteiger partial charge is 0.333 e. The molecule has 3 atom stereocenters. The van der Waals surface area contributed by atoms with Gasteiger partial charge in [0.05, 0.1) is 24.0 Å². The standard InChI is InChI=1S/C23H40O10S/c1-7-10-12-31-19(25)17(4)14-23(6,20(26)32-13-11-8-2)16-22(5,9-3)21(27)33-18(24)15-34(28,29)30/h18,24H,4,7-16H2,1-3,5-6H3,(H,28,29,30). The molecule has 0 aliphatic carbocycles. The van der Waals surface area contributed by atoms with Crippen LogP contribution in [0.5, 0.6) is 0 Å². The van der Waals surface area contributed by atoms with Crippen molar-refractivity contribution in [1.29, 1.82) is 0 Å². The van der Waals surface area contributed by atoms with E-state index >= 15 is 0 Å². The Kier molecular flexibility index (Phi) is 13.6. The number of carbonyl (C=O) groups is 3. The topological polar surface area (TPSA) is 154 Å². The summed E-state index contributed by atoms with van der Waals surface area (Å²) in [6, 6.07) is 0. The molecular weight excluding hydrogens is 468 g/mol. The fraction of sp³-hybridized carbons (Fsp3) is 0.783. The minimum Gasteiger partial charge on any atom is -0.465 e. The number of carbonyl (C=O) groups excluding carboxylic acids is 3. The van der Waals surface area contributed by atoms with E-state index in [1.54, 1.807) is 13.8 Å². The first-order chi connectivity index (χ1) is 15.6. The monoisotopic (exact) mass is 508 g/mol. The fourth-order valence-corrected chi connectivity index (χ4v) is 3.76. The van der Waals surface area contributed by atoms with Crippen LogP contribution in [0.3, 0.4) is 0 Å². The molecule has 2 N–H and O–H groups in total. The molecule has 0 aliphatic rings. The summed E-state index contributed by atoms with van der Waals surface area (Å²) < 4.78 is 46.2.